The van der Waals surface area contributed by atoms with Crippen LogP contribution in [-0.4, -0.2) is 29.0 Å². The van der Waals surface area contributed by atoms with Crippen LogP contribution in [0.2, 0.25) is 0 Å². The molecule has 2 aromatic rings. The first-order valence-corrected chi connectivity index (χ1v) is 8.51. The molecule has 1 atom stereocenters. The molecule has 1 aromatic heterocycles. The first kappa shape index (κ1) is 20.9. The van der Waals surface area contributed by atoms with E-state index in [2.05, 4.69) is 15.8 Å². The molecule has 0 aliphatic carbocycles. The summed E-state index contributed by atoms with van der Waals surface area (Å²) in [5.74, 6) is -0.618. The topological polar surface area (TPSA) is 165 Å². The number of guanidine groups is 1. The zero-order chi connectivity index (χ0) is 20.4. The van der Waals surface area contributed by atoms with Gasteiger partial charge >= 0.3 is 5.97 Å². The first-order chi connectivity index (χ1) is 13.4. The number of amides is 1. The summed E-state index contributed by atoms with van der Waals surface area (Å²) in [4.78, 5) is 31.7. The summed E-state index contributed by atoms with van der Waals surface area (Å²) in [6, 6.07) is 9.48. The molecule has 7 N–H and O–H groups in total. The minimum atomic E-state index is -1.13. The number of benzene rings is 1. The van der Waals surface area contributed by atoms with Crippen molar-refractivity contribution in [2.45, 2.75) is 32.0 Å². The maximum Gasteiger partial charge on any atom is 0.320 e. The van der Waals surface area contributed by atoms with Gasteiger partial charge in [-0.2, -0.15) is 0 Å². The molecule has 1 heterocycles. The van der Waals surface area contributed by atoms with Gasteiger partial charge in [0.2, 0.25) is 11.9 Å². The lowest BCUT2D eigenvalue weighted by Gasteiger charge is -2.09. The molecular weight excluding hydrogens is 366 g/mol. The van der Waals surface area contributed by atoms with E-state index in [1.165, 1.54) is 0 Å². The SMILES string of the molecule is NC(=NCc1ccco1)NOCc1ccc(NC(=O)CC[C@H](N)C(=O)O)cc1. The van der Waals surface area contributed by atoms with E-state index in [1.54, 1.807) is 42.7 Å². The van der Waals surface area contributed by atoms with E-state index in [9.17, 15) is 9.59 Å². The van der Waals surface area contributed by atoms with Crippen LogP contribution < -0.4 is 22.3 Å². The van der Waals surface area contributed by atoms with Crippen molar-refractivity contribution in [3.8, 4) is 0 Å². The van der Waals surface area contributed by atoms with Gasteiger partial charge in [0.25, 0.3) is 0 Å². The van der Waals surface area contributed by atoms with Crippen molar-refractivity contribution in [3.05, 3.63) is 54.0 Å². The number of carboxylic acid groups (broad SMARTS) is 1. The Morgan fingerprint density at radius 1 is 1.25 bits per heavy atom. The van der Waals surface area contributed by atoms with Crippen LogP contribution in [0, 0.1) is 0 Å². The number of carbonyl (C=O) groups is 2. The van der Waals surface area contributed by atoms with E-state index in [-0.39, 0.29) is 31.3 Å². The van der Waals surface area contributed by atoms with Gasteiger partial charge in [-0.3, -0.25) is 14.4 Å². The summed E-state index contributed by atoms with van der Waals surface area (Å²) >= 11 is 0. The van der Waals surface area contributed by atoms with E-state index < -0.39 is 12.0 Å². The van der Waals surface area contributed by atoms with Gasteiger partial charge in [-0.1, -0.05) is 12.1 Å². The Balaban J connectivity index is 1.69. The lowest BCUT2D eigenvalue weighted by Crippen LogP contribution is -2.31. The van der Waals surface area contributed by atoms with Crippen molar-refractivity contribution in [3.63, 3.8) is 0 Å². The Bertz CT molecular complexity index is 789. The van der Waals surface area contributed by atoms with Crippen LogP contribution in [0.4, 0.5) is 5.69 Å². The number of hydroxylamine groups is 1. The maximum atomic E-state index is 11.8. The van der Waals surface area contributed by atoms with E-state index in [0.29, 0.717) is 18.0 Å². The van der Waals surface area contributed by atoms with Crippen molar-refractivity contribution in [1.82, 2.24) is 5.48 Å². The predicted molar refractivity (Wildman–Crippen MR) is 102 cm³/mol. The van der Waals surface area contributed by atoms with Crippen LogP contribution in [0.15, 0.2) is 52.1 Å². The molecule has 0 bridgehead atoms. The highest BCUT2D eigenvalue weighted by Gasteiger charge is 2.13. The fourth-order valence-electron chi connectivity index (χ4n) is 2.11. The molecule has 0 unspecified atom stereocenters. The molecule has 0 aliphatic rings. The van der Waals surface area contributed by atoms with Crippen molar-refractivity contribution in [1.29, 1.82) is 0 Å². The van der Waals surface area contributed by atoms with Crippen LogP contribution in [0.25, 0.3) is 0 Å². The van der Waals surface area contributed by atoms with E-state index in [1.807, 2.05) is 0 Å². The van der Waals surface area contributed by atoms with Gasteiger partial charge in [-0.25, -0.2) is 10.5 Å². The lowest BCUT2D eigenvalue weighted by atomic mass is 10.1. The molecular formula is C18H23N5O5. The van der Waals surface area contributed by atoms with Crippen LogP contribution in [-0.2, 0) is 27.6 Å². The van der Waals surface area contributed by atoms with Gasteiger partial charge in [0.05, 0.1) is 12.9 Å². The minimum Gasteiger partial charge on any atom is -0.480 e. The fraction of sp³-hybridized carbons (Fsp3) is 0.278. The molecule has 0 radical (unpaired) electrons. The third-order valence-electron chi connectivity index (χ3n) is 3.64. The third kappa shape index (κ3) is 7.48. The van der Waals surface area contributed by atoms with Crippen molar-refractivity contribution >= 4 is 23.5 Å². The number of carbonyl (C=O) groups excluding carboxylic acids is 1. The number of rotatable bonds is 10. The Morgan fingerprint density at radius 3 is 2.64 bits per heavy atom. The van der Waals surface area contributed by atoms with Crippen LogP contribution in [0.1, 0.15) is 24.2 Å². The zero-order valence-electron chi connectivity index (χ0n) is 15.1. The molecule has 10 nitrogen and oxygen atoms in total. The fourth-order valence-corrected chi connectivity index (χ4v) is 2.11. The van der Waals surface area contributed by atoms with Gasteiger partial charge in [-0.15, -0.1) is 0 Å². The quantitative estimate of drug-likeness (QED) is 0.227. The smallest absolute Gasteiger partial charge is 0.320 e. The number of furan rings is 1. The van der Waals surface area contributed by atoms with Crippen molar-refractivity contribution in [2.24, 2.45) is 16.5 Å². The number of hydrogen-bond donors (Lipinski definition) is 5. The molecule has 2 rings (SSSR count). The Hall–Kier alpha value is -3.37. The molecule has 0 saturated carbocycles. The van der Waals surface area contributed by atoms with Gasteiger partial charge < -0.3 is 26.3 Å². The average molecular weight is 389 g/mol. The molecule has 28 heavy (non-hydrogen) atoms. The number of nitrogens with zero attached hydrogens (tertiary/aromatic N) is 1. The standard InChI is InChI=1S/C18H23N5O5/c19-15(17(25)26)7-8-16(24)22-13-5-3-12(4-6-13)11-28-23-18(20)21-10-14-2-1-9-27-14/h1-6,9,15H,7-8,10-11,19H2,(H,22,24)(H,25,26)(H3,20,21,23)/t15-/m0/s1. The number of nitrogens with two attached hydrogens (primary N) is 2. The maximum absolute atomic E-state index is 11.8. The van der Waals surface area contributed by atoms with E-state index in [0.717, 1.165) is 5.56 Å². The highest BCUT2D eigenvalue weighted by Crippen LogP contribution is 2.11. The van der Waals surface area contributed by atoms with E-state index >= 15 is 0 Å². The Labute approximate surface area is 161 Å². The average Bonchev–Trinajstić information content (AvgIpc) is 3.19. The summed E-state index contributed by atoms with van der Waals surface area (Å²) in [5.41, 5.74) is 15.0. The molecule has 0 fully saturated rings. The summed E-state index contributed by atoms with van der Waals surface area (Å²) in [7, 11) is 0. The Kier molecular flexibility index (Phi) is 8.00. The van der Waals surface area contributed by atoms with Crippen LogP contribution in [0.5, 0.6) is 0 Å². The van der Waals surface area contributed by atoms with Gasteiger partial charge in [0.15, 0.2) is 0 Å². The first-order valence-electron chi connectivity index (χ1n) is 8.51. The zero-order valence-corrected chi connectivity index (χ0v) is 15.1. The number of nitrogens with one attached hydrogen (secondary N) is 2. The summed E-state index contributed by atoms with van der Waals surface area (Å²) in [6.45, 7) is 0.541. The van der Waals surface area contributed by atoms with Crippen LogP contribution >= 0.6 is 0 Å². The van der Waals surface area contributed by atoms with Crippen molar-refractivity contribution in [2.75, 3.05) is 5.32 Å². The summed E-state index contributed by atoms with van der Waals surface area (Å²) < 4.78 is 5.14. The number of aliphatic carboxylic acids is 1. The van der Waals surface area contributed by atoms with E-state index in [4.69, 9.17) is 25.8 Å². The minimum absolute atomic E-state index is 0.0267. The van der Waals surface area contributed by atoms with Crippen LogP contribution in [0.3, 0.4) is 0 Å². The number of anilines is 1. The second-order valence-corrected chi connectivity index (χ2v) is 5.90. The lowest BCUT2D eigenvalue weighted by molar-refractivity contribution is -0.138. The normalized spacial score (nSPS) is 12.4. The molecule has 150 valence electrons. The highest BCUT2D eigenvalue weighted by molar-refractivity contribution is 5.91. The molecule has 1 aromatic carbocycles. The molecule has 1 amide bonds. The summed E-state index contributed by atoms with van der Waals surface area (Å²) in [5, 5.41) is 11.4. The van der Waals surface area contributed by atoms with Gasteiger partial charge in [0.1, 0.15) is 18.3 Å². The monoisotopic (exact) mass is 389 g/mol. The second kappa shape index (κ2) is 10.7. The molecule has 10 heteroatoms. The largest absolute Gasteiger partial charge is 0.480 e. The second-order valence-electron chi connectivity index (χ2n) is 5.90. The number of aliphatic imine (C=N–C) groups is 1. The third-order valence-corrected chi connectivity index (χ3v) is 3.64. The molecule has 0 aliphatic heterocycles. The highest BCUT2D eigenvalue weighted by atomic mass is 16.6. The predicted octanol–water partition coefficient (Wildman–Crippen LogP) is 0.946. The Morgan fingerprint density at radius 2 is 2.00 bits per heavy atom. The van der Waals surface area contributed by atoms with Crippen molar-refractivity contribution < 1.29 is 24.0 Å². The number of hydrogen-bond acceptors (Lipinski definition) is 6. The molecule has 0 saturated heterocycles. The molecule has 0 spiro atoms. The van der Waals surface area contributed by atoms with Gasteiger partial charge in [0, 0.05) is 12.1 Å². The number of carboxylic acids is 1. The van der Waals surface area contributed by atoms with Gasteiger partial charge in [-0.05, 0) is 36.2 Å². The summed E-state index contributed by atoms with van der Waals surface area (Å²) in [6.07, 6.45) is 1.66.